The molecular weight excluding hydrogens is 360 g/mol. The van der Waals surface area contributed by atoms with E-state index in [2.05, 4.69) is 28.2 Å². The van der Waals surface area contributed by atoms with Crippen LogP contribution in [0.15, 0.2) is 71.9 Å². The van der Waals surface area contributed by atoms with Gasteiger partial charge in [-0.05, 0) is 53.9 Å². The molecule has 0 N–H and O–H groups in total. The van der Waals surface area contributed by atoms with Gasteiger partial charge in [-0.25, -0.2) is 4.79 Å². The fourth-order valence-corrected chi connectivity index (χ4v) is 3.78. The summed E-state index contributed by atoms with van der Waals surface area (Å²) in [5.41, 5.74) is 7.69. The van der Waals surface area contributed by atoms with Crippen molar-refractivity contribution >= 4 is 6.08 Å². The molecule has 29 heavy (non-hydrogen) atoms. The second kappa shape index (κ2) is 6.71. The maximum atomic E-state index is 12.8. The van der Waals surface area contributed by atoms with Crippen LogP contribution in [0.25, 0.3) is 34.3 Å². The molecular formula is C24H20N4O. The SMILES string of the molecule is Cc1cccc(-n2c(-c3cc(-c4cnc5c(c4)C=CC5)ccn3)cn(C)c2=O)c1. The fourth-order valence-electron chi connectivity index (χ4n) is 3.78. The molecule has 5 nitrogen and oxygen atoms in total. The molecule has 3 heterocycles. The second-order valence-electron chi connectivity index (χ2n) is 7.38. The van der Waals surface area contributed by atoms with Crippen LogP contribution in [-0.2, 0) is 13.5 Å². The Balaban J connectivity index is 1.65. The smallest absolute Gasteiger partial charge is 0.301 e. The van der Waals surface area contributed by atoms with E-state index in [9.17, 15) is 4.79 Å². The number of aryl methyl sites for hydroxylation is 2. The molecule has 0 saturated carbocycles. The lowest BCUT2D eigenvalue weighted by Crippen LogP contribution is -2.21. The Bertz CT molecular complexity index is 1330. The molecule has 1 aliphatic carbocycles. The Labute approximate surface area is 168 Å². The van der Waals surface area contributed by atoms with Gasteiger partial charge in [-0.2, -0.15) is 0 Å². The third kappa shape index (κ3) is 3.01. The standard InChI is InChI=1S/C24H20N4O/c1-16-5-3-7-20(11-16)28-23(15-27(2)24(28)29)22-13-17(9-10-25-22)19-12-18-6-4-8-21(18)26-14-19/h3-7,9-15H,8H2,1-2H3. The first-order chi connectivity index (χ1) is 14.1. The van der Waals surface area contributed by atoms with Crippen LogP contribution < -0.4 is 5.69 Å². The number of nitrogens with zero attached hydrogens (tertiary/aromatic N) is 4. The molecule has 0 fully saturated rings. The molecule has 1 aromatic carbocycles. The van der Waals surface area contributed by atoms with E-state index >= 15 is 0 Å². The van der Waals surface area contributed by atoms with E-state index in [4.69, 9.17) is 0 Å². The monoisotopic (exact) mass is 380 g/mol. The zero-order valence-corrected chi connectivity index (χ0v) is 16.3. The Kier molecular flexibility index (Phi) is 4.02. The predicted octanol–water partition coefficient (Wildman–Crippen LogP) is 4.18. The molecule has 0 saturated heterocycles. The van der Waals surface area contributed by atoms with Gasteiger partial charge in [0.15, 0.2) is 0 Å². The summed E-state index contributed by atoms with van der Waals surface area (Å²) in [7, 11) is 1.76. The number of imidazole rings is 1. The van der Waals surface area contributed by atoms with Crippen LogP contribution in [-0.4, -0.2) is 19.1 Å². The van der Waals surface area contributed by atoms with Gasteiger partial charge in [0.05, 0.1) is 22.8 Å². The summed E-state index contributed by atoms with van der Waals surface area (Å²) in [5, 5.41) is 0. The van der Waals surface area contributed by atoms with Crippen molar-refractivity contribution in [3.05, 3.63) is 94.4 Å². The lowest BCUT2D eigenvalue weighted by molar-refractivity contribution is 0.824. The molecule has 142 valence electrons. The van der Waals surface area contributed by atoms with Crippen LogP contribution >= 0.6 is 0 Å². The highest BCUT2D eigenvalue weighted by molar-refractivity contribution is 5.72. The molecule has 0 amide bonds. The van der Waals surface area contributed by atoms with Crippen LogP contribution in [0.2, 0.25) is 0 Å². The van der Waals surface area contributed by atoms with Crippen molar-refractivity contribution in [3.8, 4) is 28.2 Å². The van der Waals surface area contributed by atoms with Gasteiger partial charge in [0.25, 0.3) is 0 Å². The molecule has 0 radical (unpaired) electrons. The summed E-state index contributed by atoms with van der Waals surface area (Å²) < 4.78 is 3.30. The topological polar surface area (TPSA) is 52.7 Å². The summed E-state index contributed by atoms with van der Waals surface area (Å²) in [5.74, 6) is 0. The number of benzene rings is 1. The largest absolute Gasteiger partial charge is 0.333 e. The average molecular weight is 380 g/mol. The van der Waals surface area contributed by atoms with Crippen molar-refractivity contribution in [1.29, 1.82) is 0 Å². The van der Waals surface area contributed by atoms with Gasteiger partial charge in [0, 0.05) is 37.6 Å². The van der Waals surface area contributed by atoms with E-state index in [0.29, 0.717) is 0 Å². The number of allylic oxidation sites excluding steroid dienone is 1. The lowest BCUT2D eigenvalue weighted by atomic mass is 10.0. The first-order valence-corrected chi connectivity index (χ1v) is 9.58. The zero-order chi connectivity index (χ0) is 20.0. The molecule has 0 unspecified atom stereocenters. The molecule has 0 atom stereocenters. The molecule has 0 spiro atoms. The highest BCUT2D eigenvalue weighted by Gasteiger charge is 2.15. The maximum absolute atomic E-state index is 12.8. The number of rotatable bonds is 3. The van der Waals surface area contributed by atoms with Crippen molar-refractivity contribution in [2.24, 2.45) is 7.05 Å². The molecule has 0 aliphatic heterocycles. The number of hydrogen-bond donors (Lipinski definition) is 0. The summed E-state index contributed by atoms with van der Waals surface area (Å²) >= 11 is 0. The van der Waals surface area contributed by atoms with Crippen molar-refractivity contribution in [2.45, 2.75) is 13.3 Å². The van der Waals surface area contributed by atoms with E-state index in [1.165, 1.54) is 0 Å². The van der Waals surface area contributed by atoms with E-state index < -0.39 is 0 Å². The third-order valence-electron chi connectivity index (χ3n) is 5.28. The summed E-state index contributed by atoms with van der Waals surface area (Å²) in [6.45, 7) is 2.02. The predicted molar refractivity (Wildman–Crippen MR) is 115 cm³/mol. The van der Waals surface area contributed by atoms with Gasteiger partial charge >= 0.3 is 5.69 Å². The van der Waals surface area contributed by atoms with E-state index in [0.717, 1.165) is 51.4 Å². The molecule has 0 bridgehead atoms. The van der Waals surface area contributed by atoms with Crippen LogP contribution in [0.5, 0.6) is 0 Å². The number of hydrogen-bond acceptors (Lipinski definition) is 3. The van der Waals surface area contributed by atoms with Gasteiger partial charge in [0.2, 0.25) is 0 Å². The Morgan fingerprint density at radius 2 is 1.93 bits per heavy atom. The van der Waals surface area contributed by atoms with E-state index in [-0.39, 0.29) is 5.69 Å². The van der Waals surface area contributed by atoms with Gasteiger partial charge in [0.1, 0.15) is 0 Å². The number of aromatic nitrogens is 4. The maximum Gasteiger partial charge on any atom is 0.333 e. The minimum Gasteiger partial charge on any atom is -0.301 e. The summed E-state index contributed by atoms with van der Waals surface area (Å²) in [6, 6.07) is 14.1. The lowest BCUT2D eigenvalue weighted by Gasteiger charge is -2.09. The van der Waals surface area contributed by atoms with E-state index in [1.807, 2.05) is 55.7 Å². The molecule has 3 aromatic heterocycles. The first kappa shape index (κ1) is 17.4. The van der Waals surface area contributed by atoms with Gasteiger partial charge in [-0.1, -0.05) is 24.3 Å². The molecule has 5 heteroatoms. The average Bonchev–Trinajstić information content (AvgIpc) is 3.32. The van der Waals surface area contributed by atoms with Crippen molar-refractivity contribution < 1.29 is 0 Å². The fraction of sp³-hybridized carbons (Fsp3) is 0.125. The quantitative estimate of drug-likeness (QED) is 0.536. The highest BCUT2D eigenvalue weighted by atomic mass is 16.1. The molecule has 5 rings (SSSR count). The highest BCUT2D eigenvalue weighted by Crippen LogP contribution is 2.28. The minimum atomic E-state index is -0.0952. The summed E-state index contributed by atoms with van der Waals surface area (Å²) in [6.07, 6.45) is 10.7. The normalized spacial score (nSPS) is 12.3. The Hall–Kier alpha value is -3.73. The number of pyridine rings is 2. The molecule has 1 aliphatic rings. The van der Waals surface area contributed by atoms with Crippen LogP contribution in [0.1, 0.15) is 16.8 Å². The van der Waals surface area contributed by atoms with Gasteiger partial charge < -0.3 is 4.57 Å². The Morgan fingerprint density at radius 3 is 2.79 bits per heavy atom. The van der Waals surface area contributed by atoms with Gasteiger partial charge in [-0.15, -0.1) is 0 Å². The van der Waals surface area contributed by atoms with Crippen molar-refractivity contribution in [3.63, 3.8) is 0 Å². The Morgan fingerprint density at radius 1 is 1.03 bits per heavy atom. The second-order valence-corrected chi connectivity index (χ2v) is 7.38. The van der Waals surface area contributed by atoms with Crippen molar-refractivity contribution in [1.82, 2.24) is 19.1 Å². The van der Waals surface area contributed by atoms with Crippen LogP contribution in [0, 0.1) is 6.92 Å². The number of fused-ring (bicyclic) bond motifs is 1. The molecule has 4 aromatic rings. The van der Waals surface area contributed by atoms with Crippen molar-refractivity contribution in [2.75, 3.05) is 0 Å². The zero-order valence-electron chi connectivity index (χ0n) is 16.3. The minimum absolute atomic E-state index is 0.0952. The first-order valence-electron chi connectivity index (χ1n) is 9.58. The van der Waals surface area contributed by atoms with E-state index in [1.54, 1.807) is 22.4 Å². The van der Waals surface area contributed by atoms with Crippen LogP contribution in [0.4, 0.5) is 0 Å². The third-order valence-corrected chi connectivity index (χ3v) is 5.28. The summed E-state index contributed by atoms with van der Waals surface area (Å²) in [4.78, 5) is 22.0. The van der Waals surface area contributed by atoms with Gasteiger partial charge in [-0.3, -0.25) is 14.5 Å². The van der Waals surface area contributed by atoms with Crippen LogP contribution in [0.3, 0.4) is 0 Å².